The Labute approximate surface area is 147 Å². The van der Waals surface area contributed by atoms with Crippen LogP contribution in [0, 0.1) is 10.1 Å². The van der Waals surface area contributed by atoms with Gasteiger partial charge in [0.1, 0.15) is 6.61 Å². The molecule has 0 amide bonds. The van der Waals surface area contributed by atoms with Crippen LogP contribution in [0.2, 0.25) is 0 Å². The van der Waals surface area contributed by atoms with Gasteiger partial charge >= 0.3 is 5.97 Å². The van der Waals surface area contributed by atoms with E-state index in [1.54, 1.807) is 31.2 Å². The fourth-order valence-corrected chi connectivity index (χ4v) is 2.53. The molecule has 0 radical (unpaired) electrons. The Bertz CT molecular complexity index is 1040. The molecule has 0 atom stereocenters. The van der Waals surface area contributed by atoms with E-state index in [0.717, 1.165) is 0 Å². The molecule has 26 heavy (non-hydrogen) atoms. The van der Waals surface area contributed by atoms with E-state index in [0.29, 0.717) is 22.9 Å². The van der Waals surface area contributed by atoms with Gasteiger partial charge in [-0.05, 0) is 30.7 Å². The van der Waals surface area contributed by atoms with Crippen LogP contribution in [0.1, 0.15) is 23.0 Å². The molecule has 1 aromatic heterocycles. The van der Waals surface area contributed by atoms with Crippen LogP contribution in [0.15, 0.2) is 53.3 Å². The van der Waals surface area contributed by atoms with E-state index in [4.69, 9.17) is 4.74 Å². The minimum atomic E-state index is -0.665. The fourth-order valence-electron chi connectivity index (χ4n) is 2.53. The van der Waals surface area contributed by atoms with E-state index < -0.39 is 10.9 Å². The second-order valence-electron chi connectivity index (χ2n) is 5.51. The van der Waals surface area contributed by atoms with Crippen LogP contribution >= 0.6 is 0 Å². The van der Waals surface area contributed by atoms with Crippen molar-refractivity contribution in [3.63, 3.8) is 0 Å². The lowest BCUT2D eigenvalue weighted by Gasteiger charge is -2.09. The van der Waals surface area contributed by atoms with Crippen LogP contribution in [0.5, 0.6) is 0 Å². The summed E-state index contributed by atoms with van der Waals surface area (Å²) in [5, 5.41) is 15.6. The topological polar surface area (TPSA) is 104 Å². The van der Waals surface area contributed by atoms with Crippen molar-refractivity contribution in [3.05, 3.63) is 80.3 Å². The highest BCUT2D eigenvalue weighted by Crippen LogP contribution is 2.16. The molecular formula is C18H15N3O5. The molecule has 8 heteroatoms. The molecule has 0 aliphatic heterocycles. The summed E-state index contributed by atoms with van der Waals surface area (Å²) in [7, 11) is 0. The molecule has 3 rings (SSSR count). The number of carbonyl (C=O) groups is 1. The van der Waals surface area contributed by atoms with Gasteiger partial charge in [-0.2, -0.15) is 5.10 Å². The van der Waals surface area contributed by atoms with Crippen molar-refractivity contribution >= 4 is 22.4 Å². The van der Waals surface area contributed by atoms with Gasteiger partial charge in [-0.1, -0.05) is 18.2 Å². The highest BCUT2D eigenvalue weighted by atomic mass is 16.6. The normalized spacial score (nSPS) is 10.7. The molecular weight excluding hydrogens is 338 g/mol. The minimum absolute atomic E-state index is 0.0391. The number of non-ortho nitro benzene ring substituents is 1. The molecule has 0 saturated carbocycles. The summed E-state index contributed by atoms with van der Waals surface area (Å²) in [6.07, 6.45) is 0. The van der Waals surface area contributed by atoms with Gasteiger partial charge in [0.15, 0.2) is 5.69 Å². The van der Waals surface area contributed by atoms with Gasteiger partial charge < -0.3 is 4.74 Å². The van der Waals surface area contributed by atoms with Crippen molar-refractivity contribution < 1.29 is 14.5 Å². The lowest BCUT2D eigenvalue weighted by molar-refractivity contribution is -0.384. The first-order valence-electron chi connectivity index (χ1n) is 7.91. The number of esters is 1. The fraction of sp³-hybridized carbons (Fsp3) is 0.167. The van der Waals surface area contributed by atoms with Crippen molar-refractivity contribution in [2.24, 2.45) is 0 Å². The number of carbonyl (C=O) groups excluding carboxylic acids is 1. The van der Waals surface area contributed by atoms with Crippen LogP contribution in [0.25, 0.3) is 10.8 Å². The van der Waals surface area contributed by atoms with Gasteiger partial charge in [0.25, 0.3) is 11.2 Å². The number of benzene rings is 2. The highest BCUT2D eigenvalue weighted by Gasteiger charge is 2.17. The molecule has 0 spiro atoms. The van der Waals surface area contributed by atoms with Crippen molar-refractivity contribution in [1.82, 2.24) is 9.78 Å². The average Bonchev–Trinajstić information content (AvgIpc) is 2.67. The number of nitro groups is 1. The Hall–Kier alpha value is -3.55. The van der Waals surface area contributed by atoms with E-state index in [9.17, 15) is 19.7 Å². The maximum Gasteiger partial charge on any atom is 0.359 e. The predicted molar refractivity (Wildman–Crippen MR) is 93.9 cm³/mol. The van der Waals surface area contributed by atoms with Gasteiger partial charge in [-0.3, -0.25) is 14.9 Å². The number of hydrogen-bond acceptors (Lipinski definition) is 6. The lowest BCUT2D eigenvalue weighted by atomic mass is 10.1. The van der Waals surface area contributed by atoms with E-state index >= 15 is 0 Å². The zero-order valence-electron chi connectivity index (χ0n) is 13.9. The summed E-state index contributed by atoms with van der Waals surface area (Å²) < 4.78 is 6.49. The SMILES string of the molecule is CCn1nc(C(=O)OCc2ccc([N+](=O)[O-])cc2)c2ccccc2c1=O. The highest BCUT2D eigenvalue weighted by molar-refractivity contribution is 6.02. The first-order valence-corrected chi connectivity index (χ1v) is 7.91. The first kappa shape index (κ1) is 17.3. The van der Waals surface area contributed by atoms with Crippen LogP contribution in [-0.4, -0.2) is 20.7 Å². The Balaban J connectivity index is 1.87. The summed E-state index contributed by atoms with van der Waals surface area (Å²) in [6, 6.07) is 12.4. The van der Waals surface area contributed by atoms with Crippen LogP contribution in [-0.2, 0) is 17.9 Å². The molecule has 0 fully saturated rings. The number of fused-ring (bicyclic) bond motifs is 1. The maximum atomic E-state index is 12.5. The van der Waals surface area contributed by atoms with Gasteiger partial charge in [0.05, 0.1) is 10.3 Å². The molecule has 132 valence electrons. The predicted octanol–water partition coefficient (Wildman–Crippen LogP) is 2.68. The maximum absolute atomic E-state index is 12.5. The molecule has 1 heterocycles. The molecule has 0 aliphatic rings. The Kier molecular flexibility index (Phi) is 4.74. The Morgan fingerprint density at radius 3 is 2.42 bits per heavy atom. The van der Waals surface area contributed by atoms with Crippen LogP contribution in [0.4, 0.5) is 5.69 Å². The number of rotatable bonds is 5. The molecule has 0 bridgehead atoms. The van der Waals surface area contributed by atoms with Crippen LogP contribution in [0.3, 0.4) is 0 Å². The number of aryl methyl sites for hydroxylation is 1. The lowest BCUT2D eigenvalue weighted by Crippen LogP contribution is -2.25. The molecule has 0 aliphatic carbocycles. The zero-order chi connectivity index (χ0) is 18.7. The summed E-state index contributed by atoms with van der Waals surface area (Å²) in [4.78, 5) is 34.9. The standard InChI is InChI=1S/C18H15N3O5/c1-2-20-17(22)15-6-4-3-5-14(15)16(19-20)18(23)26-11-12-7-9-13(10-8-12)21(24)25/h3-10H,2,11H2,1H3. The number of ether oxygens (including phenoxy) is 1. The quantitative estimate of drug-likeness (QED) is 0.397. The summed E-state index contributed by atoms with van der Waals surface area (Å²) >= 11 is 0. The zero-order valence-corrected chi connectivity index (χ0v) is 13.9. The molecule has 0 saturated heterocycles. The smallest absolute Gasteiger partial charge is 0.359 e. The minimum Gasteiger partial charge on any atom is -0.456 e. The molecule has 0 unspecified atom stereocenters. The Morgan fingerprint density at radius 2 is 1.81 bits per heavy atom. The number of nitro benzene ring substituents is 1. The Morgan fingerprint density at radius 1 is 1.15 bits per heavy atom. The first-order chi connectivity index (χ1) is 12.5. The van der Waals surface area contributed by atoms with E-state index in [1.165, 1.54) is 28.9 Å². The summed E-state index contributed by atoms with van der Waals surface area (Å²) in [6.45, 7) is 2.03. The molecule has 2 aromatic carbocycles. The summed E-state index contributed by atoms with van der Waals surface area (Å²) in [5.41, 5.74) is 0.360. The van der Waals surface area contributed by atoms with Crippen LogP contribution < -0.4 is 5.56 Å². The number of nitrogens with zero attached hydrogens (tertiary/aromatic N) is 3. The number of hydrogen-bond donors (Lipinski definition) is 0. The second kappa shape index (κ2) is 7.14. The van der Waals surface area contributed by atoms with Crippen molar-refractivity contribution in [2.45, 2.75) is 20.1 Å². The third kappa shape index (κ3) is 3.30. The van der Waals surface area contributed by atoms with E-state index in [1.807, 2.05) is 0 Å². The third-order valence-electron chi connectivity index (χ3n) is 3.88. The van der Waals surface area contributed by atoms with Gasteiger partial charge in [0.2, 0.25) is 0 Å². The van der Waals surface area contributed by atoms with Gasteiger partial charge in [-0.15, -0.1) is 0 Å². The second-order valence-corrected chi connectivity index (χ2v) is 5.51. The monoisotopic (exact) mass is 353 g/mol. The van der Waals surface area contributed by atoms with Crippen molar-refractivity contribution in [2.75, 3.05) is 0 Å². The number of aromatic nitrogens is 2. The largest absolute Gasteiger partial charge is 0.456 e. The third-order valence-corrected chi connectivity index (χ3v) is 3.88. The molecule has 0 N–H and O–H groups in total. The summed E-state index contributed by atoms with van der Waals surface area (Å²) in [5.74, 6) is -0.665. The van der Waals surface area contributed by atoms with E-state index in [-0.39, 0.29) is 23.5 Å². The molecule has 3 aromatic rings. The molecule has 8 nitrogen and oxygen atoms in total. The van der Waals surface area contributed by atoms with Crippen molar-refractivity contribution in [3.8, 4) is 0 Å². The average molecular weight is 353 g/mol. The van der Waals surface area contributed by atoms with Gasteiger partial charge in [-0.25, -0.2) is 9.48 Å². The van der Waals surface area contributed by atoms with Gasteiger partial charge in [0, 0.05) is 24.1 Å². The van der Waals surface area contributed by atoms with E-state index in [2.05, 4.69) is 5.10 Å². The van der Waals surface area contributed by atoms with Crippen molar-refractivity contribution in [1.29, 1.82) is 0 Å².